The van der Waals surface area contributed by atoms with Gasteiger partial charge in [0.2, 0.25) is 0 Å². The van der Waals surface area contributed by atoms with E-state index in [0.29, 0.717) is 0 Å². The number of benzene rings is 1. The molecule has 0 unspecified atom stereocenters. The summed E-state index contributed by atoms with van der Waals surface area (Å²) in [6.07, 6.45) is 1.77. The lowest BCUT2D eigenvalue weighted by Gasteiger charge is -2.01. The zero-order chi connectivity index (χ0) is 9.26. The highest BCUT2D eigenvalue weighted by Crippen LogP contribution is 2.16. The summed E-state index contributed by atoms with van der Waals surface area (Å²) in [5.41, 5.74) is 3.21. The maximum atomic E-state index is 4.48. The molecule has 1 heterocycles. The number of aryl methyl sites for hydroxylation is 1. The molecule has 64 valence electrons. The van der Waals surface area contributed by atoms with Crippen LogP contribution in [0.25, 0.3) is 17.0 Å². The highest BCUT2D eigenvalue weighted by Gasteiger charge is 1.97. The van der Waals surface area contributed by atoms with E-state index in [4.69, 9.17) is 0 Å². The molecule has 0 saturated carbocycles. The summed E-state index contributed by atoms with van der Waals surface area (Å²) in [6, 6.07) is 10.2. The molecule has 13 heavy (non-hydrogen) atoms. The van der Waals surface area contributed by atoms with Crippen molar-refractivity contribution in [3.05, 3.63) is 48.2 Å². The molecule has 0 spiro atoms. The van der Waals surface area contributed by atoms with Gasteiger partial charge in [0, 0.05) is 5.39 Å². The molecule has 2 aromatic rings. The monoisotopic (exact) mass is 169 g/mol. The normalized spacial score (nSPS) is 10.2. The van der Waals surface area contributed by atoms with Crippen molar-refractivity contribution in [1.29, 1.82) is 0 Å². The summed E-state index contributed by atoms with van der Waals surface area (Å²) in [4.78, 5) is 4.48. The van der Waals surface area contributed by atoms with Crippen LogP contribution >= 0.6 is 0 Å². The second-order valence-electron chi connectivity index (χ2n) is 3.09. The topological polar surface area (TPSA) is 12.9 Å². The lowest BCUT2D eigenvalue weighted by Crippen LogP contribution is -1.85. The van der Waals surface area contributed by atoms with Gasteiger partial charge in [0.15, 0.2) is 0 Å². The molecule has 1 heteroatoms. The largest absolute Gasteiger partial charge is 0.248 e. The van der Waals surface area contributed by atoms with E-state index in [0.717, 1.165) is 11.2 Å². The third-order valence-corrected chi connectivity index (χ3v) is 2.15. The third-order valence-electron chi connectivity index (χ3n) is 2.15. The molecule has 0 saturated heterocycles. The van der Waals surface area contributed by atoms with Gasteiger partial charge >= 0.3 is 0 Å². The number of para-hydroxylation sites is 1. The fourth-order valence-electron chi connectivity index (χ4n) is 1.42. The molecular formula is C12H11N. The number of aromatic nitrogens is 1. The van der Waals surface area contributed by atoms with E-state index in [1.54, 1.807) is 6.08 Å². The second kappa shape index (κ2) is 3.02. The molecule has 0 aliphatic heterocycles. The van der Waals surface area contributed by atoms with E-state index in [2.05, 4.69) is 36.7 Å². The van der Waals surface area contributed by atoms with Gasteiger partial charge in [-0.25, -0.2) is 4.98 Å². The molecule has 0 fully saturated rings. The Bertz CT molecular complexity index is 458. The van der Waals surface area contributed by atoms with Crippen LogP contribution in [0.4, 0.5) is 0 Å². The number of nitrogens with zero attached hydrogens (tertiary/aromatic N) is 1. The minimum Gasteiger partial charge on any atom is -0.248 e. The van der Waals surface area contributed by atoms with Gasteiger partial charge < -0.3 is 0 Å². The van der Waals surface area contributed by atoms with Crippen molar-refractivity contribution >= 4 is 17.0 Å². The van der Waals surface area contributed by atoms with Crippen molar-refractivity contribution in [1.82, 2.24) is 4.98 Å². The maximum Gasteiger partial charge on any atom is 0.0738 e. The van der Waals surface area contributed by atoms with Gasteiger partial charge in [0.05, 0.1) is 11.2 Å². The Kier molecular flexibility index (Phi) is 1.85. The Morgan fingerprint density at radius 2 is 2.08 bits per heavy atom. The Labute approximate surface area is 77.7 Å². The van der Waals surface area contributed by atoms with Crippen LogP contribution in [0.5, 0.6) is 0 Å². The zero-order valence-electron chi connectivity index (χ0n) is 7.62. The van der Waals surface area contributed by atoms with Crippen molar-refractivity contribution < 1.29 is 0 Å². The predicted molar refractivity (Wildman–Crippen MR) is 56.6 cm³/mol. The lowest BCUT2D eigenvalue weighted by molar-refractivity contribution is 1.34. The third kappa shape index (κ3) is 1.33. The molecule has 1 nitrogen and oxygen atoms in total. The Balaban J connectivity index is 2.81. The number of rotatable bonds is 1. The van der Waals surface area contributed by atoms with Crippen molar-refractivity contribution in [3.63, 3.8) is 0 Å². The quantitative estimate of drug-likeness (QED) is 0.638. The Hall–Kier alpha value is -1.63. The SMILES string of the molecule is C=Cc1ccc2cccc(C)c2n1. The summed E-state index contributed by atoms with van der Waals surface area (Å²) in [7, 11) is 0. The van der Waals surface area contributed by atoms with Gasteiger partial charge in [-0.1, -0.05) is 30.8 Å². The van der Waals surface area contributed by atoms with E-state index >= 15 is 0 Å². The first kappa shape index (κ1) is 7.99. The van der Waals surface area contributed by atoms with Crippen LogP contribution in [0, 0.1) is 6.92 Å². The molecular weight excluding hydrogens is 158 g/mol. The smallest absolute Gasteiger partial charge is 0.0738 e. The summed E-state index contributed by atoms with van der Waals surface area (Å²) in [6.45, 7) is 5.78. The van der Waals surface area contributed by atoms with Gasteiger partial charge in [-0.3, -0.25) is 0 Å². The second-order valence-corrected chi connectivity index (χ2v) is 3.09. The average Bonchev–Trinajstić information content (AvgIpc) is 2.18. The molecule has 0 radical (unpaired) electrons. The fourth-order valence-corrected chi connectivity index (χ4v) is 1.42. The molecule has 0 aliphatic rings. The number of hydrogen-bond acceptors (Lipinski definition) is 1. The van der Waals surface area contributed by atoms with Crippen LogP contribution in [0.1, 0.15) is 11.3 Å². The van der Waals surface area contributed by atoms with Crippen LogP contribution in [0.3, 0.4) is 0 Å². The molecule has 0 bridgehead atoms. The van der Waals surface area contributed by atoms with E-state index in [9.17, 15) is 0 Å². The molecule has 0 atom stereocenters. The van der Waals surface area contributed by atoms with E-state index in [1.807, 2.05) is 12.1 Å². The molecule has 1 aromatic heterocycles. The number of hydrogen-bond donors (Lipinski definition) is 0. The summed E-state index contributed by atoms with van der Waals surface area (Å²) in [5.74, 6) is 0. The molecule has 0 aliphatic carbocycles. The molecule has 0 amide bonds. The van der Waals surface area contributed by atoms with Crippen LogP contribution < -0.4 is 0 Å². The number of fused-ring (bicyclic) bond motifs is 1. The first-order valence-electron chi connectivity index (χ1n) is 4.30. The van der Waals surface area contributed by atoms with Crippen LogP contribution in [-0.2, 0) is 0 Å². The number of pyridine rings is 1. The van der Waals surface area contributed by atoms with Gasteiger partial charge in [-0.15, -0.1) is 0 Å². The van der Waals surface area contributed by atoms with Gasteiger partial charge in [-0.2, -0.15) is 0 Å². The highest BCUT2D eigenvalue weighted by atomic mass is 14.7. The Morgan fingerprint density at radius 1 is 1.23 bits per heavy atom. The minimum atomic E-state index is 0.932. The van der Waals surface area contributed by atoms with E-state index in [1.165, 1.54) is 10.9 Å². The summed E-state index contributed by atoms with van der Waals surface area (Å²) >= 11 is 0. The summed E-state index contributed by atoms with van der Waals surface area (Å²) < 4.78 is 0. The predicted octanol–water partition coefficient (Wildman–Crippen LogP) is 3.19. The van der Waals surface area contributed by atoms with E-state index in [-0.39, 0.29) is 0 Å². The van der Waals surface area contributed by atoms with Crippen LogP contribution in [-0.4, -0.2) is 4.98 Å². The van der Waals surface area contributed by atoms with Crippen LogP contribution in [0.2, 0.25) is 0 Å². The highest BCUT2D eigenvalue weighted by molar-refractivity contribution is 5.82. The average molecular weight is 169 g/mol. The van der Waals surface area contributed by atoms with Crippen LogP contribution in [0.15, 0.2) is 36.9 Å². The first-order chi connectivity index (χ1) is 6.31. The maximum absolute atomic E-state index is 4.48. The zero-order valence-corrected chi connectivity index (χ0v) is 7.62. The molecule has 1 aromatic carbocycles. The molecule has 0 N–H and O–H groups in total. The van der Waals surface area contributed by atoms with Crippen molar-refractivity contribution in [2.24, 2.45) is 0 Å². The molecule has 2 rings (SSSR count). The summed E-state index contributed by atoms with van der Waals surface area (Å²) in [5, 5.41) is 1.19. The van der Waals surface area contributed by atoms with Crippen molar-refractivity contribution in [2.75, 3.05) is 0 Å². The van der Waals surface area contributed by atoms with Crippen molar-refractivity contribution in [3.8, 4) is 0 Å². The minimum absolute atomic E-state index is 0.932. The van der Waals surface area contributed by atoms with Gasteiger partial charge in [0.1, 0.15) is 0 Å². The van der Waals surface area contributed by atoms with Gasteiger partial charge in [0.25, 0.3) is 0 Å². The lowest BCUT2D eigenvalue weighted by atomic mass is 10.1. The van der Waals surface area contributed by atoms with Gasteiger partial charge in [-0.05, 0) is 24.6 Å². The van der Waals surface area contributed by atoms with Crippen molar-refractivity contribution in [2.45, 2.75) is 6.92 Å². The first-order valence-corrected chi connectivity index (χ1v) is 4.30. The fraction of sp³-hybridized carbons (Fsp3) is 0.0833. The standard InChI is InChI=1S/C12H11N/c1-3-11-8-7-10-6-4-5-9(2)12(10)13-11/h3-8H,1H2,2H3. The van der Waals surface area contributed by atoms with E-state index < -0.39 is 0 Å². The Morgan fingerprint density at radius 3 is 2.85 bits per heavy atom.